The fourth-order valence-electron chi connectivity index (χ4n) is 1.22. The molecule has 0 radical (unpaired) electrons. The molecule has 0 spiro atoms. The molecule has 2 nitrogen and oxygen atoms in total. The third-order valence-electron chi connectivity index (χ3n) is 1.90. The fraction of sp³-hybridized carbons (Fsp3) is 0. The fourth-order valence-corrected chi connectivity index (χ4v) is 1.22. The van der Waals surface area contributed by atoms with E-state index in [1.807, 2.05) is 30.5 Å². The van der Waals surface area contributed by atoms with Crippen molar-refractivity contribution in [3.8, 4) is 11.3 Å². The second-order valence-corrected chi connectivity index (χ2v) is 2.77. The molecule has 2 rings (SSSR count). The maximum absolute atomic E-state index is 4.05. The van der Waals surface area contributed by atoms with E-state index in [-0.39, 0.29) is 0 Å². The number of nitrogens with zero attached hydrogens (tertiary/aromatic N) is 1. The van der Waals surface area contributed by atoms with E-state index in [2.05, 4.69) is 16.5 Å². The molecule has 2 heterocycles. The molecule has 0 aliphatic heterocycles. The molecule has 0 saturated heterocycles. The van der Waals surface area contributed by atoms with Crippen LogP contribution in [0.2, 0.25) is 0 Å². The van der Waals surface area contributed by atoms with Gasteiger partial charge in [-0.1, -0.05) is 6.58 Å². The summed E-state index contributed by atoms with van der Waals surface area (Å²) in [5, 5.41) is 0. The minimum atomic E-state index is 1.03. The smallest absolute Gasteiger partial charge is 0.0474 e. The van der Waals surface area contributed by atoms with Gasteiger partial charge in [-0.3, -0.25) is 4.98 Å². The molecule has 0 aliphatic rings. The number of aromatic amines is 1. The summed E-state index contributed by atoms with van der Waals surface area (Å²) >= 11 is 0. The summed E-state index contributed by atoms with van der Waals surface area (Å²) in [4.78, 5) is 7.27. The predicted molar refractivity (Wildman–Crippen MR) is 54.1 cm³/mol. The second kappa shape index (κ2) is 3.27. The van der Waals surface area contributed by atoms with Gasteiger partial charge in [0.05, 0.1) is 0 Å². The van der Waals surface area contributed by atoms with Crippen LogP contribution in [0.4, 0.5) is 0 Å². The molecule has 64 valence electrons. The van der Waals surface area contributed by atoms with Gasteiger partial charge < -0.3 is 4.98 Å². The number of H-pyrrole nitrogens is 1. The van der Waals surface area contributed by atoms with Gasteiger partial charge in [-0.15, -0.1) is 0 Å². The van der Waals surface area contributed by atoms with E-state index in [4.69, 9.17) is 0 Å². The molecule has 0 unspecified atom stereocenters. The molecule has 2 heteroatoms. The molecule has 0 fully saturated rings. The van der Waals surface area contributed by atoms with Gasteiger partial charge in [0.25, 0.3) is 0 Å². The molecule has 0 aliphatic carbocycles. The van der Waals surface area contributed by atoms with Crippen molar-refractivity contribution in [1.82, 2.24) is 9.97 Å². The van der Waals surface area contributed by atoms with Crippen LogP contribution in [0.15, 0.2) is 43.2 Å². The topological polar surface area (TPSA) is 28.7 Å². The molecule has 0 amide bonds. The monoisotopic (exact) mass is 170 g/mol. The third kappa shape index (κ3) is 1.51. The molecule has 0 bridgehead atoms. The standard InChI is InChI=1S/C11H10N2/c1-2-10-5-6-11(13-10)9-4-3-7-12-8-9/h2-8,13H,1H2. The average molecular weight is 170 g/mol. The van der Waals surface area contributed by atoms with Crippen LogP contribution in [-0.2, 0) is 0 Å². The Balaban J connectivity index is 2.41. The van der Waals surface area contributed by atoms with Crippen molar-refractivity contribution >= 4 is 6.08 Å². The van der Waals surface area contributed by atoms with Gasteiger partial charge >= 0.3 is 0 Å². The van der Waals surface area contributed by atoms with Crippen LogP contribution in [0.25, 0.3) is 17.3 Å². The summed E-state index contributed by atoms with van der Waals surface area (Å²) in [7, 11) is 0. The summed E-state index contributed by atoms with van der Waals surface area (Å²) < 4.78 is 0. The lowest BCUT2D eigenvalue weighted by Crippen LogP contribution is -1.78. The van der Waals surface area contributed by atoms with Crippen LogP contribution >= 0.6 is 0 Å². The van der Waals surface area contributed by atoms with Crippen LogP contribution in [0, 0.1) is 0 Å². The van der Waals surface area contributed by atoms with Crippen molar-refractivity contribution in [2.45, 2.75) is 0 Å². The number of hydrogen-bond acceptors (Lipinski definition) is 1. The van der Waals surface area contributed by atoms with Crippen molar-refractivity contribution in [2.24, 2.45) is 0 Å². The second-order valence-electron chi connectivity index (χ2n) is 2.77. The van der Waals surface area contributed by atoms with E-state index >= 15 is 0 Å². The van der Waals surface area contributed by atoms with E-state index in [9.17, 15) is 0 Å². The number of aromatic nitrogens is 2. The van der Waals surface area contributed by atoms with E-state index in [1.165, 1.54) is 0 Å². The highest BCUT2D eigenvalue weighted by Crippen LogP contribution is 2.16. The minimum absolute atomic E-state index is 1.03. The van der Waals surface area contributed by atoms with E-state index in [0.29, 0.717) is 0 Å². The van der Waals surface area contributed by atoms with E-state index in [1.54, 1.807) is 12.3 Å². The van der Waals surface area contributed by atoms with Gasteiger partial charge in [0.2, 0.25) is 0 Å². The van der Waals surface area contributed by atoms with Gasteiger partial charge in [0.15, 0.2) is 0 Å². The Morgan fingerprint density at radius 3 is 2.85 bits per heavy atom. The number of nitrogens with one attached hydrogen (secondary N) is 1. The van der Waals surface area contributed by atoms with Gasteiger partial charge in [0.1, 0.15) is 0 Å². The highest BCUT2D eigenvalue weighted by molar-refractivity contribution is 5.61. The first-order valence-corrected chi connectivity index (χ1v) is 4.12. The number of hydrogen-bond donors (Lipinski definition) is 1. The first-order valence-electron chi connectivity index (χ1n) is 4.12. The first-order chi connectivity index (χ1) is 6.40. The first kappa shape index (κ1) is 7.80. The Morgan fingerprint density at radius 1 is 1.31 bits per heavy atom. The average Bonchev–Trinajstić information content (AvgIpc) is 2.67. The third-order valence-corrected chi connectivity index (χ3v) is 1.90. The minimum Gasteiger partial charge on any atom is -0.355 e. The summed E-state index contributed by atoms with van der Waals surface area (Å²) in [6, 6.07) is 7.96. The lowest BCUT2D eigenvalue weighted by Gasteiger charge is -1.94. The summed E-state index contributed by atoms with van der Waals surface area (Å²) in [6.07, 6.45) is 5.39. The lowest BCUT2D eigenvalue weighted by atomic mass is 10.2. The SMILES string of the molecule is C=Cc1ccc(-c2cccnc2)[nH]1. The maximum atomic E-state index is 4.05. The summed E-state index contributed by atoms with van der Waals surface area (Å²) in [5.74, 6) is 0. The van der Waals surface area contributed by atoms with E-state index in [0.717, 1.165) is 17.0 Å². The highest BCUT2D eigenvalue weighted by Gasteiger charge is 1.98. The van der Waals surface area contributed by atoms with Crippen LogP contribution < -0.4 is 0 Å². The molecule has 2 aromatic heterocycles. The zero-order valence-electron chi connectivity index (χ0n) is 7.20. The maximum Gasteiger partial charge on any atom is 0.0474 e. The molecule has 0 aromatic carbocycles. The van der Waals surface area contributed by atoms with E-state index < -0.39 is 0 Å². The Hall–Kier alpha value is -1.83. The number of rotatable bonds is 2. The quantitative estimate of drug-likeness (QED) is 0.737. The Labute approximate surface area is 77.0 Å². The van der Waals surface area contributed by atoms with Crippen LogP contribution in [0.3, 0.4) is 0 Å². The molecule has 1 N–H and O–H groups in total. The van der Waals surface area contributed by atoms with Crippen molar-refractivity contribution in [3.63, 3.8) is 0 Å². The zero-order valence-corrected chi connectivity index (χ0v) is 7.20. The number of pyridine rings is 1. The normalized spacial score (nSPS) is 9.85. The van der Waals surface area contributed by atoms with Crippen molar-refractivity contribution in [2.75, 3.05) is 0 Å². The van der Waals surface area contributed by atoms with Gasteiger partial charge in [-0.2, -0.15) is 0 Å². The largest absolute Gasteiger partial charge is 0.355 e. The lowest BCUT2D eigenvalue weighted by molar-refractivity contribution is 1.30. The van der Waals surface area contributed by atoms with Crippen LogP contribution in [0.5, 0.6) is 0 Å². The van der Waals surface area contributed by atoms with Crippen molar-refractivity contribution in [1.29, 1.82) is 0 Å². The van der Waals surface area contributed by atoms with Gasteiger partial charge in [-0.25, -0.2) is 0 Å². The molecule has 0 atom stereocenters. The summed E-state index contributed by atoms with van der Waals surface area (Å²) in [6.45, 7) is 3.69. The van der Waals surface area contributed by atoms with Crippen molar-refractivity contribution in [3.05, 3.63) is 48.9 Å². The molecular weight excluding hydrogens is 160 g/mol. The van der Waals surface area contributed by atoms with Crippen LogP contribution in [0.1, 0.15) is 5.69 Å². The van der Waals surface area contributed by atoms with Gasteiger partial charge in [0, 0.05) is 29.3 Å². The van der Waals surface area contributed by atoms with Crippen molar-refractivity contribution < 1.29 is 0 Å². The molecule has 2 aromatic rings. The van der Waals surface area contributed by atoms with Crippen LogP contribution in [-0.4, -0.2) is 9.97 Å². The predicted octanol–water partition coefficient (Wildman–Crippen LogP) is 2.72. The Morgan fingerprint density at radius 2 is 2.23 bits per heavy atom. The zero-order chi connectivity index (χ0) is 9.10. The highest BCUT2D eigenvalue weighted by atomic mass is 14.7. The summed E-state index contributed by atoms with van der Waals surface area (Å²) in [5.41, 5.74) is 3.19. The molecule has 13 heavy (non-hydrogen) atoms. The van der Waals surface area contributed by atoms with Gasteiger partial charge in [-0.05, 0) is 30.3 Å². The Bertz CT molecular complexity index is 401. The Kier molecular flexibility index (Phi) is 1.96. The molecule has 0 saturated carbocycles. The molecular formula is C11H10N2.